The molecule has 7 heteroatoms. The van der Waals surface area contributed by atoms with Gasteiger partial charge in [-0.15, -0.1) is 12.4 Å². The van der Waals surface area contributed by atoms with Crippen LogP contribution in [0.1, 0.15) is 12.5 Å². The van der Waals surface area contributed by atoms with Gasteiger partial charge in [-0.1, -0.05) is 6.07 Å². The van der Waals surface area contributed by atoms with E-state index in [0.717, 1.165) is 5.56 Å². The van der Waals surface area contributed by atoms with E-state index in [1.165, 1.54) is 7.11 Å². The topological polar surface area (TPSA) is 58.6 Å². The van der Waals surface area contributed by atoms with Gasteiger partial charge >= 0.3 is 0 Å². The van der Waals surface area contributed by atoms with Crippen molar-refractivity contribution in [2.75, 3.05) is 26.7 Å². The molecule has 1 aromatic carbocycles. The third-order valence-electron chi connectivity index (χ3n) is 3.35. The van der Waals surface area contributed by atoms with Crippen LogP contribution in [0.2, 0.25) is 0 Å². The second-order valence-corrected chi connectivity index (χ2v) is 6.68. The second-order valence-electron chi connectivity index (χ2n) is 4.82. The molecule has 1 aromatic rings. The lowest BCUT2D eigenvalue weighted by Crippen LogP contribution is -2.52. The van der Waals surface area contributed by atoms with Gasteiger partial charge in [-0.2, -0.15) is 4.31 Å². The first kappa shape index (κ1) is 17.2. The number of hydrogen-bond donors (Lipinski definition) is 1. The fraction of sp³-hybridized carbons (Fsp3) is 0.538. The van der Waals surface area contributed by atoms with Crippen LogP contribution in [0.25, 0.3) is 0 Å². The molecule has 0 aliphatic carbocycles. The minimum Gasteiger partial charge on any atom is -0.495 e. The second kappa shape index (κ2) is 6.76. The van der Waals surface area contributed by atoms with Crippen molar-refractivity contribution in [1.82, 2.24) is 9.62 Å². The van der Waals surface area contributed by atoms with E-state index in [4.69, 9.17) is 4.74 Å². The zero-order chi connectivity index (χ0) is 14.0. The Morgan fingerprint density at radius 3 is 2.70 bits per heavy atom. The van der Waals surface area contributed by atoms with Gasteiger partial charge in [0.25, 0.3) is 0 Å². The third kappa shape index (κ3) is 3.25. The van der Waals surface area contributed by atoms with E-state index in [9.17, 15) is 8.42 Å². The van der Waals surface area contributed by atoms with Crippen molar-refractivity contribution in [1.29, 1.82) is 0 Å². The number of nitrogens with zero attached hydrogens (tertiary/aromatic N) is 1. The van der Waals surface area contributed by atoms with Gasteiger partial charge in [0.2, 0.25) is 10.0 Å². The number of piperazine rings is 1. The molecule has 0 aromatic heterocycles. The van der Waals surface area contributed by atoms with E-state index in [-0.39, 0.29) is 23.3 Å². The third-order valence-corrected chi connectivity index (χ3v) is 5.38. The molecule has 1 N–H and O–H groups in total. The summed E-state index contributed by atoms with van der Waals surface area (Å²) in [6.45, 7) is 5.62. The minimum absolute atomic E-state index is 0. The predicted molar refractivity (Wildman–Crippen MR) is 81.2 cm³/mol. The lowest BCUT2D eigenvalue weighted by atomic mass is 10.2. The number of ether oxygens (including phenoxy) is 1. The smallest absolute Gasteiger partial charge is 0.247 e. The van der Waals surface area contributed by atoms with Crippen molar-refractivity contribution in [2.45, 2.75) is 24.8 Å². The maximum atomic E-state index is 12.7. The highest BCUT2D eigenvalue weighted by molar-refractivity contribution is 7.89. The van der Waals surface area contributed by atoms with Crippen LogP contribution >= 0.6 is 12.4 Å². The van der Waals surface area contributed by atoms with Gasteiger partial charge in [0, 0.05) is 25.7 Å². The number of halogens is 1. The molecule has 114 valence electrons. The molecule has 1 aliphatic rings. The largest absolute Gasteiger partial charge is 0.495 e. The van der Waals surface area contributed by atoms with Crippen molar-refractivity contribution in [3.63, 3.8) is 0 Å². The lowest BCUT2D eigenvalue weighted by Gasteiger charge is -2.33. The van der Waals surface area contributed by atoms with Gasteiger partial charge in [-0.3, -0.25) is 0 Å². The molecule has 0 radical (unpaired) electrons. The quantitative estimate of drug-likeness (QED) is 0.915. The first-order valence-electron chi connectivity index (χ1n) is 6.34. The fourth-order valence-corrected chi connectivity index (χ4v) is 4.16. The van der Waals surface area contributed by atoms with E-state index in [1.54, 1.807) is 16.4 Å². The Morgan fingerprint density at radius 1 is 1.40 bits per heavy atom. The molecule has 1 heterocycles. The van der Waals surface area contributed by atoms with E-state index in [0.29, 0.717) is 25.4 Å². The molecule has 0 unspecified atom stereocenters. The Hall–Kier alpha value is -0.820. The van der Waals surface area contributed by atoms with Gasteiger partial charge in [0.15, 0.2) is 0 Å². The number of rotatable bonds is 3. The molecular weight excluding hydrogens is 300 g/mol. The highest BCUT2D eigenvalue weighted by Gasteiger charge is 2.32. The first-order valence-corrected chi connectivity index (χ1v) is 7.78. The first-order chi connectivity index (χ1) is 8.96. The lowest BCUT2D eigenvalue weighted by molar-refractivity contribution is 0.282. The number of nitrogens with one attached hydrogen (secondary N) is 1. The van der Waals surface area contributed by atoms with Gasteiger partial charge in [0.1, 0.15) is 10.6 Å². The van der Waals surface area contributed by atoms with E-state index < -0.39 is 10.0 Å². The summed E-state index contributed by atoms with van der Waals surface area (Å²) in [7, 11) is -2.02. The van der Waals surface area contributed by atoms with Crippen molar-refractivity contribution >= 4 is 22.4 Å². The number of sulfonamides is 1. The molecule has 1 atom stereocenters. The molecule has 5 nitrogen and oxygen atoms in total. The molecule has 0 amide bonds. The average Bonchev–Trinajstić information content (AvgIpc) is 2.39. The van der Waals surface area contributed by atoms with E-state index >= 15 is 0 Å². The van der Waals surface area contributed by atoms with Crippen molar-refractivity contribution in [3.05, 3.63) is 23.8 Å². The van der Waals surface area contributed by atoms with Crippen LogP contribution in [0.5, 0.6) is 5.75 Å². The van der Waals surface area contributed by atoms with Gasteiger partial charge in [-0.25, -0.2) is 8.42 Å². The Morgan fingerprint density at radius 2 is 2.10 bits per heavy atom. The van der Waals surface area contributed by atoms with Crippen LogP contribution in [-0.4, -0.2) is 45.5 Å². The van der Waals surface area contributed by atoms with Crippen LogP contribution in [-0.2, 0) is 10.0 Å². The van der Waals surface area contributed by atoms with Gasteiger partial charge in [-0.05, 0) is 31.5 Å². The summed E-state index contributed by atoms with van der Waals surface area (Å²) in [5.41, 5.74) is 0.905. The molecule has 1 fully saturated rings. The van der Waals surface area contributed by atoms with E-state index in [2.05, 4.69) is 5.32 Å². The highest BCUT2D eigenvalue weighted by Crippen LogP contribution is 2.29. The molecule has 0 spiro atoms. The molecule has 0 saturated carbocycles. The molecule has 2 rings (SSSR count). The fourth-order valence-electron chi connectivity index (χ4n) is 2.29. The summed E-state index contributed by atoms with van der Waals surface area (Å²) in [5.74, 6) is 0.399. The monoisotopic (exact) mass is 320 g/mol. The van der Waals surface area contributed by atoms with Crippen molar-refractivity contribution in [3.8, 4) is 5.75 Å². The number of methoxy groups -OCH3 is 1. The zero-order valence-electron chi connectivity index (χ0n) is 11.9. The van der Waals surface area contributed by atoms with Crippen LogP contribution in [0.15, 0.2) is 23.1 Å². The zero-order valence-corrected chi connectivity index (χ0v) is 13.6. The van der Waals surface area contributed by atoms with Gasteiger partial charge < -0.3 is 10.1 Å². The normalized spacial score (nSPS) is 20.2. The Labute approximate surface area is 126 Å². The van der Waals surface area contributed by atoms with Crippen LogP contribution < -0.4 is 10.1 Å². The summed E-state index contributed by atoms with van der Waals surface area (Å²) in [4.78, 5) is 0.253. The maximum absolute atomic E-state index is 12.7. The Bertz CT molecular complexity index is 563. The number of aryl methyl sites for hydroxylation is 1. The summed E-state index contributed by atoms with van der Waals surface area (Å²) < 4.78 is 32.2. The highest BCUT2D eigenvalue weighted by atomic mass is 35.5. The van der Waals surface area contributed by atoms with Crippen LogP contribution in [0.3, 0.4) is 0 Å². The predicted octanol–water partition coefficient (Wildman–Crippen LogP) is 1.41. The standard InChI is InChI=1S/C13H20N2O3S.ClH/c1-10-4-5-12(18-3)13(8-10)19(16,17)15-7-6-14-9-11(15)2;/h4-5,8,11,14H,6-7,9H2,1-3H3;1H/t11-;/m1./s1. The van der Waals surface area contributed by atoms with Crippen LogP contribution in [0, 0.1) is 6.92 Å². The van der Waals surface area contributed by atoms with Gasteiger partial charge in [0.05, 0.1) is 7.11 Å². The molecule has 20 heavy (non-hydrogen) atoms. The van der Waals surface area contributed by atoms with E-state index in [1.807, 2.05) is 19.9 Å². The van der Waals surface area contributed by atoms with Crippen molar-refractivity contribution in [2.24, 2.45) is 0 Å². The van der Waals surface area contributed by atoms with Crippen molar-refractivity contribution < 1.29 is 13.2 Å². The Balaban J connectivity index is 0.00000200. The SMILES string of the molecule is COc1ccc(C)cc1S(=O)(=O)N1CCNC[C@H]1C.Cl. The molecule has 0 bridgehead atoms. The Kier molecular flexibility index (Phi) is 5.82. The summed E-state index contributed by atoms with van der Waals surface area (Å²) >= 11 is 0. The molecule has 1 saturated heterocycles. The molecular formula is C13H21ClN2O3S. The summed E-state index contributed by atoms with van der Waals surface area (Å²) in [5, 5.41) is 3.19. The number of hydrogen-bond acceptors (Lipinski definition) is 4. The number of benzene rings is 1. The van der Waals surface area contributed by atoms with Crippen LogP contribution in [0.4, 0.5) is 0 Å². The minimum atomic E-state index is -3.51. The average molecular weight is 321 g/mol. The molecule has 1 aliphatic heterocycles. The summed E-state index contributed by atoms with van der Waals surface area (Å²) in [6, 6.07) is 5.17. The maximum Gasteiger partial charge on any atom is 0.247 e. The summed E-state index contributed by atoms with van der Waals surface area (Å²) in [6.07, 6.45) is 0.